The van der Waals surface area contributed by atoms with Crippen LogP contribution in [-0.4, -0.2) is 61.0 Å². The topological polar surface area (TPSA) is 116 Å². The molecule has 35 heavy (non-hydrogen) atoms. The van der Waals surface area contributed by atoms with Crippen molar-refractivity contribution in [2.75, 3.05) is 13.2 Å². The Morgan fingerprint density at radius 3 is 2.06 bits per heavy atom. The zero-order chi connectivity index (χ0) is 25.8. The summed E-state index contributed by atoms with van der Waals surface area (Å²) in [7, 11) is -6.43. The average Bonchev–Trinajstić information content (AvgIpc) is 2.65. The number of alkyl halides is 6. The van der Waals surface area contributed by atoms with Crippen LogP contribution in [0.2, 0.25) is 0 Å². The van der Waals surface area contributed by atoms with Crippen LogP contribution in [0.3, 0.4) is 0 Å². The summed E-state index contributed by atoms with van der Waals surface area (Å²) in [6.45, 7) is -0.284. The average molecular weight is 550 g/mol. The van der Waals surface area contributed by atoms with Gasteiger partial charge in [0, 0.05) is 0 Å². The van der Waals surface area contributed by atoms with Crippen molar-refractivity contribution >= 4 is 22.1 Å². The predicted molar refractivity (Wildman–Crippen MR) is 101 cm³/mol. The van der Waals surface area contributed by atoms with Crippen LogP contribution in [0.1, 0.15) is 53.3 Å². The molecule has 4 fully saturated rings. The third-order valence-corrected chi connectivity index (χ3v) is 7.64. The van der Waals surface area contributed by atoms with Gasteiger partial charge in [0.2, 0.25) is 0 Å². The number of carbonyl (C=O) groups is 2. The van der Waals surface area contributed by atoms with Crippen LogP contribution >= 0.6 is 0 Å². The van der Waals surface area contributed by atoms with Gasteiger partial charge in [0.15, 0.2) is 0 Å². The Morgan fingerprint density at radius 1 is 1.03 bits per heavy atom. The maximum atomic E-state index is 14.3. The van der Waals surface area contributed by atoms with E-state index >= 15 is 0 Å². The van der Waals surface area contributed by atoms with Gasteiger partial charge in [0.25, 0.3) is 0 Å². The molecule has 1 N–H and O–H groups in total. The molecule has 8 nitrogen and oxygen atoms in total. The number of rotatable bonds is 10. The molecule has 0 aromatic rings. The van der Waals surface area contributed by atoms with Crippen LogP contribution in [0.25, 0.3) is 0 Å². The van der Waals surface area contributed by atoms with Crippen molar-refractivity contribution in [2.45, 2.75) is 74.8 Å². The SMILES string of the molecule is CCOC(=O)C(F)(F)OC12CC3CC(C1)CC(C(=O)OCCC(F)(F)C(F)(F)S(=O)(=O)O)(C3)C2.[H-].[Na+]. The van der Waals surface area contributed by atoms with Gasteiger partial charge in [0.05, 0.1) is 30.7 Å². The Balaban J connectivity index is 0.00000324. The van der Waals surface area contributed by atoms with Gasteiger partial charge in [-0.3, -0.25) is 9.35 Å². The maximum absolute atomic E-state index is 14.3. The fourth-order valence-corrected chi connectivity index (χ4v) is 6.30. The van der Waals surface area contributed by atoms with Gasteiger partial charge < -0.3 is 15.6 Å². The van der Waals surface area contributed by atoms with E-state index in [1.807, 2.05) is 0 Å². The summed E-state index contributed by atoms with van der Waals surface area (Å²) in [6.07, 6.45) is -5.26. The Labute approximate surface area is 220 Å². The first-order valence-corrected chi connectivity index (χ1v) is 12.0. The summed E-state index contributed by atoms with van der Waals surface area (Å²) < 4.78 is 126. The molecule has 198 valence electrons. The van der Waals surface area contributed by atoms with Crippen molar-refractivity contribution in [3.63, 3.8) is 0 Å². The van der Waals surface area contributed by atoms with Crippen LogP contribution in [0.15, 0.2) is 0 Å². The van der Waals surface area contributed by atoms with Gasteiger partial charge in [-0.25, -0.2) is 4.79 Å². The Kier molecular flexibility index (Phi) is 8.69. The third-order valence-electron chi connectivity index (χ3n) is 6.70. The zero-order valence-corrected chi connectivity index (χ0v) is 21.8. The van der Waals surface area contributed by atoms with E-state index in [2.05, 4.69) is 4.74 Å². The monoisotopic (exact) mass is 550 g/mol. The minimum Gasteiger partial charge on any atom is -1.00 e. The second-order valence-corrected chi connectivity index (χ2v) is 10.8. The molecule has 0 amide bonds. The Hall–Kier alpha value is -0.610. The summed E-state index contributed by atoms with van der Waals surface area (Å²) in [4.78, 5) is 24.4. The molecule has 4 bridgehead atoms. The first-order valence-electron chi connectivity index (χ1n) is 10.5. The van der Waals surface area contributed by atoms with Crippen LogP contribution in [0.5, 0.6) is 0 Å². The second kappa shape index (κ2) is 9.93. The fourth-order valence-electron chi connectivity index (χ4n) is 5.82. The van der Waals surface area contributed by atoms with Crippen molar-refractivity contribution in [2.24, 2.45) is 17.3 Å². The van der Waals surface area contributed by atoms with Crippen LogP contribution in [-0.2, 0) is 33.9 Å². The zero-order valence-electron chi connectivity index (χ0n) is 20.0. The molecule has 4 saturated carbocycles. The molecule has 2 unspecified atom stereocenters. The van der Waals surface area contributed by atoms with Gasteiger partial charge in [0.1, 0.15) is 0 Å². The normalized spacial score (nSPS) is 30.5. The van der Waals surface area contributed by atoms with E-state index in [1.54, 1.807) is 0 Å². The van der Waals surface area contributed by atoms with E-state index in [0.717, 1.165) is 0 Å². The number of carbonyl (C=O) groups excluding carboxylic acids is 2. The van der Waals surface area contributed by atoms with Crippen molar-refractivity contribution in [3.05, 3.63) is 0 Å². The number of esters is 2. The molecule has 0 heterocycles. The second-order valence-electron chi connectivity index (χ2n) is 9.35. The fraction of sp³-hybridized carbons (Fsp3) is 0.895. The first-order chi connectivity index (χ1) is 15.4. The maximum Gasteiger partial charge on any atom is 1.00 e. The summed E-state index contributed by atoms with van der Waals surface area (Å²) in [5, 5.41) is -5.80. The van der Waals surface area contributed by atoms with E-state index in [9.17, 15) is 44.3 Å². The smallest absolute Gasteiger partial charge is 1.00 e. The van der Waals surface area contributed by atoms with Gasteiger partial charge in [-0.1, -0.05) is 0 Å². The molecule has 4 aliphatic carbocycles. The van der Waals surface area contributed by atoms with E-state index in [1.165, 1.54) is 6.92 Å². The quantitative estimate of drug-likeness (QED) is 0.183. The molecule has 16 heteroatoms. The minimum atomic E-state index is -6.43. The summed E-state index contributed by atoms with van der Waals surface area (Å²) in [5.41, 5.74) is -2.98. The van der Waals surface area contributed by atoms with Crippen molar-refractivity contribution < 1.29 is 94.1 Å². The molecule has 4 aliphatic rings. The van der Waals surface area contributed by atoms with Gasteiger partial charge in [-0.15, -0.1) is 0 Å². The summed E-state index contributed by atoms with van der Waals surface area (Å²) in [5.74, 6) is -8.72. The van der Waals surface area contributed by atoms with Crippen LogP contribution < -0.4 is 29.6 Å². The Morgan fingerprint density at radius 2 is 1.57 bits per heavy atom. The first kappa shape index (κ1) is 30.6. The van der Waals surface area contributed by atoms with E-state index < -0.39 is 63.4 Å². The molecule has 0 aromatic carbocycles. The number of ether oxygens (including phenoxy) is 3. The number of hydrogen-bond donors (Lipinski definition) is 1. The molecule has 2 atom stereocenters. The minimum absolute atomic E-state index is 0. The van der Waals surface area contributed by atoms with Gasteiger partial charge in [-0.2, -0.15) is 34.8 Å². The molecule has 0 aliphatic heterocycles. The van der Waals surface area contributed by atoms with Crippen LogP contribution in [0.4, 0.5) is 26.3 Å². The van der Waals surface area contributed by atoms with Crippen molar-refractivity contribution in [3.8, 4) is 0 Å². The predicted octanol–water partition coefficient (Wildman–Crippen LogP) is 0.664. The molecule has 4 rings (SSSR count). The number of hydrogen-bond acceptors (Lipinski definition) is 7. The summed E-state index contributed by atoms with van der Waals surface area (Å²) in [6, 6.07) is 0. The summed E-state index contributed by atoms with van der Waals surface area (Å²) >= 11 is 0. The number of halogens is 6. The molecule has 0 spiro atoms. The van der Waals surface area contributed by atoms with Gasteiger partial charge in [-0.05, 0) is 57.3 Å². The van der Waals surface area contributed by atoms with E-state index in [4.69, 9.17) is 14.0 Å². The van der Waals surface area contributed by atoms with Crippen LogP contribution in [0, 0.1) is 17.3 Å². The standard InChI is InChI=1S/C19H24F6O8S.Na.H/c1-2-31-14(27)18(22,23)33-16-8-11-5-12(9-16)7-15(6-11,10-16)13(26)32-4-3-17(20,21)19(24,25)34(28,29)30;;/h11-12H,2-10H2,1H3,(H,28,29,30);;/q;+1;-1. The Bertz CT molecular complexity index is 936. The third kappa shape index (κ3) is 5.79. The van der Waals surface area contributed by atoms with E-state index in [0.29, 0.717) is 6.42 Å². The van der Waals surface area contributed by atoms with Gasteiger partial charge >= 0.3 is 68.9 Å². The molecular formula is C19H25F6NaO8S. The molecular weight excluding hydrogens is 525 g/mol. The largest absolute Gasteiger partial charge is 1.00 e. The molecule has 0 radical (unpaired) electrons. The molecule has 0 aromatic heterocycles. The van der Waals surface area contributed by atoms with E-state index in [-0.39, 0.29) is 81.5 Å². The molecule has 0 saturated heterocycles. The van der Waals surface area contributed by atoms with Crippen molar-refractivity contribution in [1.29, 1.82) is 0 Å². The van der Waals surface area contributed by atoms with Crippen molar-refractivity contribution in [1.82, 2.24) is 0 Å².